The molecule has 8 nitrogen and oxygen atoms in total. The molecule has 1 aliphatic heterocycles. The predicted octanol–water partition coefficient (Wildman–Crippen LogP) is 3.57. The monoisotopic (exact) mass is 422 g/mol. The fraction of sp³-hybridized carbons (Fsp3) is 0.478. The highest BCUT2D eigenvalue weighted by atomic mass is 16.4. The number of hydrogen-bond acceptors (Lipinski definition) is 6. The van der Waals surface area contributed by atoms with Gasteiger partial charge >= 0.3 is 0 Å². The van der Waals surface area contributed by atoms with Crippen LogP contribution in [-0.4, -0.2) is 57.0 Å². The Hall–Kier alpha value is -3.00. The number of amides is 1. The minimum absolute atomic E-state index is 0.0616. The van der Waals surface area contributed by atoms with Crippen LogP contribution in [0.5, 0.6) is 0 Å². The van der Waals surface area contributed by atoms with Crippen molar-refractivity contribution in [3.8, 4) is 17.3 Å². The number of aromatic nitrogens is 4. The predicted molar refractivity (Wildman–Crippen MR) is 118 cm³/mol. The number of rotatable bonds is 7. The van der Waals surface area contributed by atoms with Gasteiger partial charge in [0, 0.05) is 30.8 Å². The lowest BCUT2D eigenvalue weighted by molar-refractivity contribution is 0.0950. The van der Waals surface area contributed by atoms with E-state index in [1.807, 2.05) is 35.0 Å². The van der Waals surface area contributed by atoms with Crippen molar-refractivity contribution in [1.29, 1.82) is 0 Å². The molecule has 0 bridgehead atoms. The highest BCUT2D eigenvalue weighted by molar-refractivity contribution is 5.94. The van der Waals surface area contributed by atoms with E-state index < -0.39 is 0 Å². The molecule has 1 atom stereocenters. The maximum Gasteiger partial charge on any atom is 0.268 e. The van der Waals surface area contributed by atoms with Crippen molar-refractivity contribution in [2.24, 2.45) is 0 Å². The Morgan fingerprint density at radius 2 is 2.13 bits per heavy atom. The van der Waals surface area contributed by atoms with Gasteiger partial charge in [-0.05, 0) is 63.0 Å². The first-order chi connectivity index (χ1) is 14.9. The van der Waals surface area contributed by atoms with Crippen LogP contribution in [0.15, 0.2) is 34.7 Å². The first kappa shape index (κ1) is 21.2. The first-order valence-corrected chi connectivity index (χ1v) is 10.9. The second kappa shape index (κ2) is 9.01. The normalized spacial score (nSPS) is 16.9. The van der Waals surface area contributed by atoms with Gasteiger partial charge in [-0.3, -0.25) is 4.79 Å². The van der Waals surface area contributed by atoms with E-state index in [4.69, 9.17) is 9.52 Å². The van der Waals surface area contributed by atoms with Crippen LogP contribution < -0.4 is 5.32 Å². The molecule has 0 aliphatic carbocycles. The van der Waals surface area contributed by atoms with Gasteiger partial charge in [0.15, 0.2) is 0 Å². The summed E-state index contributed by atoms with van der Waals surface area (Å²) in [7, 11) is 2.16. The van der Waals surface area contributed by atoms with E-state index in [1.165, 1.54) is 12.8 Å². The van der Waals surface area contributed by atoms with Gasteiger partial charge in [-0.15, -0.1) is 10.2 Å². The number of carbonyl (C=O) groups excluding carboxylic acids is 1. The molecule has 2 aromatic heterocycles. The summed E-state index contributed by atoms with van der Waals surface area (Å²) in [5.41, 5.74) is 3.08. The quantitative estimate of drug-likeness (QED) is 0.626. The third kappa shape index (κ3) is 4.69. The molecule has 1 aliphatic rings. The zero-order valence-corrected chi connectivity index (χ0v) is 18.6. The van der Waals surface area contributed by atoms with Crippen molar-refractivity contribution in [3.05, 3.63) is 47.5 Å². The summed E-state index contributed by atoms with van der Waals surface area (Å²) in [6, 6.07) is 10.1. The third-order valence-electron chi connectivity index (χ3n) is 5.86. The van der Waals surface area contributed by atoms with Gasteiger partial charge in [0.05, 0.1) is 5.69 Å². The van der Waals surface area contributed by atoms with E-state index in [0.29, 0.717) is 35.6 Å². The lowest BCUT2D eigenvalue weighted by atomic mass is 10.1. The molecule has 1 saturated heterocycles. The van der Waals surface area contributed by atoms with Crippen LogP contribution in [0.1, 0.15) is 61.0 Å². The maximum atomic E-state index is 12.7. The van der Waals surface area contributed by atoms with Gasteiger partial charge in [0.1, 0.15) is 5.69 Å². The number of nitrogens with zero attached hydrogens (tertiary/aromatic N) is 5. The number of likely N-dealkylation sites (tertiary alicyclic amines) is 1. The zero-order chi connectivity index (χ0) is 22.0. The van der Waals surface area contributed by atoms with Crippen molar-refractivity contribution in [3.63, 3.8) is 0 Å². The fourth-order valence-corrected chi connectivity index (χ4v) is 4.10. The number of benzene rings is 1. The first-order valence-electron chi connectivity index (χ1n) is 10.9. The average molecular weight is 423 g/mol. The molecule has 1 aromatic carbocycles. The smallest absolute Gasteiger partial charge is 0.268 e. The molecule has 1 fully saturated rings. The van der Waals surface area contributed by atoms with E-state index in [1.54, 1.807) is 6.92 Å². The lowest BCUT2D eigenvalue weighted by Gasteiger charge is -2.19. The molecule has 3 heterocycles. The van der Waals surface area contributed by atoms with Crippen LogP contribution in [0.4, 0.5) is 0 Å². The Labute approximate surface area is 182 Å². The summed E-state index contributed by atoms with van der Waals surface area (Å²) in [6.07, 6.45) is 3.43. The second-order valence-electron chi connectivity index (χ2n) is 8.52. The van der Waals surface area contributed by atoms with Crippen LogP contribution in [0.3, 0.4) is 0 Å². The number of carbonyl (C=O) groups is 1. The molecule has 31 heavy (non-hydrogen) atoms. The standard InChI is InChI=1S/C23H30N6O2/c1-15(2)21-14-20(23-26-25-16(3)31-23)27-29(21)19-8-5-7-17(13-19)22(30)24-11-10-18-9-6-12-28(18)4/h5,7-8,13-15,18H,6,9-12H2,1-4H3,(H,24,30). The van der Waals surface area contributed by atoms with Gasteiger partial charge in [-0.25, -0.2) is 4.68 Å². The molecule has 0 saturated carbocycles. The minimum atomic E-state index is -0.0616. The molecule has 4 rings (SSSR count). The molecule has 1 unspecified atom stereocenters. The highest BCUT2D eigenvalue weighted by Crippen LogP contribution is 2.26. The fourth-order valence-electron chi connectivity index (χ4n) is 4.10. The van der Waals surface area contributed by atoms with Crippen LogP contribution in [-0.2, 0) is 0 Å². The maximum absolute atomic E-state index is 12.7. The summed E-state index contributed by atoms with van der Waals surface area (Å²) in [5, 5.41) is 15.7. The van der Waals surface area contributed by atoms with Crippen molar-refractivity contribution in [2.45, 2.75) is 52.0 Å². The Bertz CT molecular complexity index is 1050. The summed E-state index contributed by atoms with van der Waals surface area (Å²) in [6.45, 7) is 7.79. The number of aryl methyl sites for hydroxylation is 1. The van der Waals surface area contributed by atoms with Gasteiger partial charge in [-0.1, -0.05) is 19.9 Å². The molecule has 8 heteroatoms. The molecule has 1 amide bonds. The Kier molecular flexibility index (Phi) is 6.18. The average Bonchev–Trinajstić information content (AvgIpc) is 3.48. The van der Waals surface area contributed by atoms with Gasteiger partial charge in [-0.2, -0.15) is 5.10 Å². The summed E-state index contributed by atoms with van der Waals surface area (Å²) in [5.74, 6) is 1.06. The highest BCUT2D eigenvalue weighted by Gasteiger charge is 2.21. The van der Waals surface area contributed by atoms with E-state index in [2.05, 4.69) is 41.3 Å². The lowest BCUT2D eigenvalue weighted by Crippen LogP contribution is -2.31. The Morgan fingerprint density at radius 3 is 2.81 bits per heavy atom. The molecule has 1 N–H and O–H groups in total. The minimum Gasteiger partial charge on any atom is -0.420 e. The molecule has 3 aromatic rings. The van der Waals surface area contributed by atoms with Crippen LogP contribution in [0.25, 0.3) is 17.3 Å². The number of hydrogen-bond donors (Lipinski definition) is 1. The van der Waals surface area contributed by atoms with Gasteiger partial charge in [0.25, 0.3) is 11.8 Å². The van der Waals surface area contributed by atoms with Crippen molar-refractivity contribution >= 4 is 5.91 Å². The second-order valence-corrected chi connectivity index (χ2v) is 8.52. The molecule has 0 spiro atoms. The van der Waals surface area contributed by atoms with Gasteiger partial charge in [0.2, 0.25) is 5.89 Å². The van der Waals surface area contributed by atoms with E-state index in [0.717, 1.165) is 24.3 Å². The van der Waals surface area contributed by atoms with Gasteiger partial charge < -0.3 is 14.6 Å². The Balaban J connectivity index is 1.52. The van der Waals surface area contributed by atoms with Crippen LogP contribution in [0.2, 0.25) is 0 Å². The van der Waals surface area contributed by atoms with Crippen LogP contribution >= 0.6 is 0 Å². The summed E-state index contributed by atoms with van der Waals surface area (Å²) < 4.78 is 7.39. The molecule has 164 valence electrons. The number of nitrogens with one attached hydrogen (secondary N) is 1. The largest absolute Gasteiger partial charge is 0.420 e. The molecule has 0 radical (unpaired) electrons. The SMILES string of the molecule is Cc1nnc(-c2cc(C(C)C)n(-c3cccc(C(=O)NCCC4CCCN4C)c3)n2)o1. The van der Waals surface area contributed by atoms with E-state index in [-0.39, 0.29) is 11.8 Å². The molecular weight excluding hydrogens is 392 g/mol. The van der Waals surface area contributed by atoms with Crippen LogP contribution in [0, 0.1) is 6.92 Å². The van der Waals surface area contributed by atoms with Crippen molar-refractivity contribution in [1.82, 2.24) is 30.2 Å². The third-order valence-corrected chi connectivity index (χ3v) is 5.86. The van der Waals surface area contributed by atoms with Crippen molar-refractivity contribution in [2.75, 3.05) is 20.1 Å². The Morgan fingerprint density at radius 1 is 1.29 bits per heavy atom. The molecular formula is C23H30N6O2. The van der Waals surface area contributed by atoms with Crippen molar-refractivity contribution < 1.29 is 9.21 Å². The summed E-state index contributed by atoms with van der Waals surface area (Å²) >= 11 is 0. The zero-order valence-electron chi connectivity index (χ0n) is 18.6. The summed E-state index contributed by atoms with van der Waals surface area (Å²) in [4.78, 5) is 15.1. The van der Waals surface area contributed by atoms with E-state index >= 15 is 0 Å². The van der Waals surface area contributed by atoms with E-state index in [9.17, 15) is 4.79 Å². The topological polar surface area (TPSA) is 89.1 Å².